The number of piperazine rings is 1. The van der Waals surface area contributed by atoms with Crippen LogP contribution in [0.25, 0.3) is 0 Å². The van der Waals surface area contributed by atoms with Crippen molar-refractivity contribution in [1.29, 1.82) is 0 Å². The fourth-order valence-electron chi connectivity index (χ4n) is 3.46. The Morgan fingerprint density at radius 1 is 1.18 bits per heavy atom. The predicted molar refractivity (Wildman–Crippen MR) is 89.1 cm³/mol. The summed E-state index contributed by atoms with van der Waals surface area (Å²) in [4.78, 5) is 17.0. The molecule has 1 N–H and O–H groups in total. The molecular formula is C18H27N3O. The number of hydrogen-bond acceptors (Lipinski definition) is 3. The van der Waals surface area contributed by atoms with Gasteiger partial charge in [-0.1, -0.05) is 17.7 Å². The van der Waals surface area contributed by atoms with Gasteiger partial charge in [0, 0.05) is 38.3 Å². The van der Waals surface area contributed by atoms with Crippen LogP contribution in [0.4, 0.5) is 0 Å². The maximum atomic E-state index is 12.5. The van der Waals surface area contributed by atoms with E-state index in [0.29, 0.717) is 0 Å². The van der Waals surface area contributed by atoms with Gasteiger partial charge in [-0.25, -0.2) is 0 Å². The van der Waals surface area contributed by atoms with Crippen molar-refractivity contribution in [2.24, 2.45) is 5.92 Å². The van der Waals surface area contributed by atoms with Gasteiger partial charge in [-0.2, -0.15) is 0 Å². The molecule has 1 amide bonds. The molecule has 2 saturated heterocycles. The third-order valence-electron chi connectivity index (χ3n) is 4.87. The molecule has 2 aliphatic heterocycles. The van der Waals surface area contributed by atoms with Gasteiger partial charge in [0.1, 0.15) is 0 Å². The molecule has 0 bridgehead atoms. The van der Waals surface area contributed by atoms with Crippen LogP contribution in [0.5, 0.6) is 0 Å². The van der Waals surface area contributed by atoms with Crippen molar-refractivity contribution in [3.63, 3.8) is 0 Å². The standard InChI is InChI=1S/C18H27N3O/c1-15-4-6-17(7-5-15)18(22)21-11-9-20(10-12-21)14-16-3-2-8-19-13-16/h4-7,16,19H,2-3,8-14H2,1H3. The average molecular weight is 301 g/mol. The van der Waals surface area contributed by atoms with Crippen molar-refractivity contribution in [3.8, 4) is 0 Å². The summed E-state index contributed by atoms with van der Waals surface area (Å²) in [5, 5.41) is 3.49. The summed E-state index contributed by atoms with van der Waals surface area (Å²) in [5.41, 5.74) is 2.01. The second kappa shape index (κ2) is 7.25. The van der Waals surface area contributed by atoms with Crippen molar-refractivity contribution < 1.29 is 4.79 Å². The molecule has 2 aliphatic rings. The Morgan fingerprint density at radius 2 is 1.91 bits per heavy atom. The maximum absolute atomic E-state index is 12.5. The molecule has 3 rings (SSSR count). The van der Waals surface area contributed by atoms with Gasteiger partial charge in [0.25, 0.3) is 5.91 Å². The minimum atomic E-state index is 0.180. The molecule has 1 unspecified atom stereocenters. The van der Waals surface area contributed by atoms with Crippen LogP contribution in [-0.4, -0.2) is 61.5 Å². The van der Waals surface area contributed by atoms with Crippen molar-refractivity contribution in [2.45, 2.75) is 19.8 Å². The number of benzene rings is 1. The summed E-state index contributed by atoms with van der Waals surface area (Å²) in [6.07, 6.45) is 2.64. The van der Waals surface area contributed by atoms with Crippen LogP contribution < -0.4 is 5.32 Å². The van der Waals surface area contributed by atoms with Crippen LogP contribution in [0.15, 0.2) is 24.3 Å². The first-order valence-electron chi connectivity index (χ1n) is 8.51. The molecule has 1 aromatic carbocycles. The van der Waals surface area contributed by atoms with Crippen molar-refractivity contribution in [2.75, 3.05) is 45.8 Å². The second-order valence-electron chi connectivity index (χ2n) is 6.67. The largest absolute Gasteiger partial charge is 0.336 e. The fourth-order valence-corrected chi connectivity index (χ4v) is 3.46. The van der Waals surface area contributed by atoms with Gasteiger partial charge in [-0.05, 0) is 50.9 Å². The molecule has 4 heteroatoms. The van der Waals surface area contributed by atoms with E-state index in [9.17, 15) is 4.79 Å². The van der Waals surface area contributed by atoms with Crippen LogP contribution in [0, 0.1) is 12.8 Å². The van der Waals surface area contributed by atoms with E-state index >= 15 is 0 Å². The van der Waals surface area contributed by atoms with Crippen LogP contribution >= 0.6 is 0 Å². The molecule has 0 spiro atoms. The lowest BCUT2D eigenvalue weighted by atomic mass is 9.99. The molecule has 4 nitrogen and oxygen atoms in total. The van der Waals surface area contributed by atoms with Gasteiger partial charge in [-0.15, -0.1) is 0 Å². The molecule has 0 aliphatic carbocycles. The molecule has 2 heterocycles. The highest BCUT2D eigenvalue weighted by Crippen LogP contribution is 2.15. The smallest absolute Gasteiger partial charge is 0.253 e. The maximum Gasteiger partial charge on any atom is 0.253 e. The Labute approximate surface area is 133 Å². The second-order valence-corrected chi connectivity index (χ2v) is 6.67. The van der Waals surface area contributed by atoms with Gasteiger partial charge in [0.2, 0.25) is 0 Å². The summed E-state index contributed by atoms with van der Waals surface area (Å²) >= 11 is 0. The van der Waals surface area contributed by atoms with Crippen LogP contribution in [0.1, 0.15) is 28.8 Å². The number of piperidine rings is 1. The number of rotatable bonds is 3. The third-order valence-corrected chi connectivity index (χ3v) is 4.87. The SMILES string of the molecule is Cc1ccc(C(=O)N2CCN(CC3CCCNC3)CC2)cc1. The minimum Gasteiger partial charge on any atom is -0.336 e. The first-order valence-corrected chi connectivity index (χ1v) is 8.51. The highest BCUT2D eigenvalue weighted by atomic mass is 16.2. The van der Waals surface area contributed by atoms with E-state index in [1.165, 1.54) is 31.5 Å². The first kappa shape index (κ1) is 15.5. The summed E-state index contributed by atoms with van der Waals surface area (Å²) in [6, 6.07) is 7.91. The van der Waals surface area contributed by atoms with E-state index in [1.54, 1.807) is 0 Å². The normalized spacial score (nSPS) is 23.5. The number of carbonyl (C=O) groups excluding carboxylic acids is 1. The van der Waals surface area contributed by atoms with E-state index in [-0.39, 0.29) is 5.91 Å². The van der Waals surface area contributed by atoms with Gasteiger partial charge < -0.3 is 10.2 Å². The molecule has 22 heavy (non-hydrogen) atoms. The third kappa shape index (κ3) is 3.87. The van der Waals surface area contributed by atoms with Crippen molar-refractivity contribution in [3.05, 3.63) is 35.4 Å². The molecule has 120 valence electrons. The van der Waals surface area contributed by atoms with Gasteiger partial charge >= 0.3 is 0 Å². The molecular weight excluding hydrogens is 274 g/mol. The van der Waals surface area contributed by atoms with E-state index in [2.05, 4.69) is 10.2 Å². The van der Waals surface area contributed by atoms with Crippen LogP contribution in [0.2, 0.25) is 0 Å². The zero-order valence-electron chi connectivity index (χ0n) is 13.6. The lowest BCUT2D eigenvalue weighted by Gasteiger charge is -2.37. The highest BCUT2D eigenvalue weighted by Gasteiger charge is 2.24. The number of nitrogens with zero attached hydrogens (tertiary/aromatic N) is 2. The Bertz CT molecular complexity index is 486. The number of nitrogens with one attached hydrogen (secondary N) is 1. The van der Waals surface area contributed by atoms with Crippen molar-refractivity contribution >= 4 is 5.91 Å². The number of hydrogen-bond donors (Lipinski definition) is 1. The molecule has 1 atom stereocenters. The Kier molecular flexibility index (Phi) is 5.11. The van der Waals surface area contributed by atoms with Gasteiger partial charge in [0.05, 0.1) is 0 Å². The predicted octanol–water partition coefficient (Wildman–Crippen LogP) is 1.75. The lowest BCUT2D eigenvalue weighted by Crippen LogP contribution is -2.50. The Hall–Kier alpha value is -1.39. The fraction of sp³-hybridized carbons (Fsp3) is 0.611. The zero-order chi connectivity index (χ0) is 15.4. The number of amides is 1. The van der Waals surface area contributed by atoms with Crippen LogP contribution in [-0.2, 0) is 0 Å². The summed E-state index contributed by atoms with van der Waals surface area (Å²) < 4.78 is 0. The topological polar surface area (TPSA) is 35.6 Å². The molecule has 0 saturated carbocycles. The van der Waals surface area contributed by atoms with E-state index in [0.717, 1.165) is 44.2 Å². The molecule has 0 radical (unpaired) electrons. The van der Waals surface area contributed by atoms with E-state index in [4.69, 9.17) is 0 Å². The van der Waals surface area contributed by atoms with Gasteiger partial charge in [0.15, 0.2) is 0 Å². The molecule has 2 fully saturated rings. The van der Waals surface area contributed by atoms with Crippen LogP contribution in [0.3, 0.4) is 0 Å². The number of carbonyl (C=O) groups is 1. The summed E-state index contributed by atoms with van der Waals surface area (Å²) in [6.45, 7) is 9.28. The quantitative estimate of drug-likeness (QED) is 0.924. The Balaban J connectivity index is 1.48. The lowest BCUT2D eigenvalue weighted by molar-refractivity contribution is 0.0610. The van der Waals surface area contributed by atoms with Crippen molar-refractivity contribution in [1.82, 2.24) is 15.1 Å². The first-order chi connectivity index (χ1) is 10.7. The zero-order valence-corrected chi connectivity index (χ0v) is 13.6. The van der Waals surface area contributed by atoms with E-state index in [1.807, 2.05) is 36.1 Å². The average Bonchev–Trinajstić information content (AvgIpc) is 2.57. The minimum absolute atomic E-state index is 0.180. The molecule has 0 aromatic heterocycles. The summed E-state index contributed by atoms with van der Waals surface area (Å²) in [5.74, 6) is 0.965. The molecule has 1 aromatic rings. The monoisotopic (exact) mass is 301 g/mol. The summed E-state index contributed by atoms with van der Waals surface area (Å²) in [7, 11) is 0. The Morgan fingerprint density at radius 3 is 2.55 bits per heavy atom. The highest BCUT2D eigenvalue weighted by molar-refractivity contribution is 5.94. The van der Waals surface area contributed by atoms with E-state index < -0.39 is 0 Å². The van der Waals surface area contributed by atoms with Gasteiger partial charge in [-0.3, -0.25) is 9.69 Å². The number of aryl methyl sites for hydroxylation is 1.